The lowest BCUT2D eigenvalue weighted by Crippen LogP contribution is -2.67. The molecule has 0 fully saturated rings. The van der Waals surface area contributed by atoms with E-state index >= 15 is 0 Å². The fourth-order valence-corrected chi connectivity index (χ4v) is 11.9. The molecule has 0 aliphatic carbocycles. The van der Waals surface area contributed by atoms with Gasteiger partial charge in [0, 0.05) is 6.42 Å². The molecular formula is C35H41O5PSi. The van der Waals surface area contributed by atoms with Crippen molar-refractivity contribution in [1.29, 1.82) is 0 Å². The fourth-order valence-electron chi connectivity index (χ4n) is 5.55. The van der Waals surface area contributed by atoms with Gasteiger partial charge in [-0.25, -0.2) is 0 Å². The van der Waals surface area contributed by atoms with E-state index in [1.165, 1.54) is 11.1 Å². The van der Waals surface area contributed by atoms with Crippen molar-refractivity contribution in [2.45, 2.75) is 57.3 Å². The summed E-state index contributed by atoms with van der Waals surface area (Å²) in [5.74, 6) is -1.77. The number of hydrogen-bond acceptors (Lipinski definition) is 4. The summed E-state index contributed by atoms with van der Waals surface area (Å²) in [5, 5.41) is 11.3. The highest BCUT2D eigenvalue weighted by molar-refractivity contribution is 7.40. The molecule has 0 amide bonds. The molecule has 4 rings (SSSR count). The smallest absolute Gasteiger partial charge is 0.303 e. The maximum Gasteiger partial charge on any atom is 0.303 e. The molecule has 4 aromatic rings. The van der Waals surface area contributed by atoms with Crippen molar-refractivity contribution in [3.05, 3.63) is 121 Å². The zero-order valence-corrected chi connectivity index (χ0v) is 26.7. The summed E-state index contributed by atoms with van der Waals surface area (Å²) < 4.78 is 26.8. The first-order valence-electron chi connectivity index (χ1n) is 14.5. The molecular weight excluding hydrogens is 559 g/mol. The van der Waals surface area contributed by atoms with Crippen LogP contribution >= 0.6 is 8.03 Å². The predicted octanol–water partition coefficient (Wildman–Crippen LogP) is 7.55. The van der Waals surface area contributed by atoms with E-state index in [9.17, 15) is 14.5 Å². The first kappa shape index (κ1) is 31.6. The molecule has 0 aliphatic heterocycles. The quantitative estimate of drug-likeness (QED) is 0.0920. The van der Waals surface area contributed by atoms with Gasteiger partial charge in [0.1, 0.15) is 5.85 Å². The van der Waals surface area contributed by atoms with Gasteiger partial charge in [0.25, 0.3) is 8.32 Å². The summed E-state index contributed by atoms with van der Waals surface area (Å²) in [4.78, 5) is 11.6. The topological polar surface area (TPSA) is 72.8 Å². The summed E-state index contributed by atoms with van der Waals surface area (Å²) in [6.45, 7) is 6.75. The number of carboxylic acid groups (broad SMARTS) is 1. The van der Waals surface area contributed by atoms with Crippen LogP contribution in [-0.2, 0) is 24.7 Å². The normalized spacial score (nSPS) is 13.4. The Morgan fingerprint density at radius 3 is 1.88 bits per heavy atom. The van der Waals surface area contributed by atoms with E-state index in [1.54, 1.807) is 0 Å². The largest absolute Gasteiger partial charge is 0.481 e. The summed E-state index contributed by atoms with van der Waals surface area (Å²) >= 11 is 0. The van der Waals surface area contributed by atoms with Gasteiger partial charge >= 0.3 is 5.97 Å². The highest BCUT2D eigenvalue weighted by Crippen LogP contribution is 2.43. The Morgan fingerprint density at radius 1 is 0.810 bits per heavy atom. The lowest BCUT2D eigenvalue weighted by atomic mass is 9.97. The van der Waals surface area contributed by atoms with Crippen LogP contribution in [0.25, 0.3) is 11.1 Å². The van der Waals surface area contributed by atoms with E-state index in [4.69, 9.17) is 8.95 Å². The van der Waals surface area contributed by atoms with E-state index in [2.05, 4.69) is 69.3 Å². The lowest BCUT2D eigenvalue weighted by Gasteiger charge is -2.44. The zero-order valence-electron chi connectivity index (χ0n) is 24.7. The third kappa shape index (κ3) is 7.76. The first-order valence-corrected chi connectivity index (χ1v) is 17.8. The minimum atomic E-state index is -3.04. The van der Waals surface area contributed by atoms with E-state index in [-0.39, 0.29) is 17.9 Å². The molecule has 0 saturated carbocycles. The van der Waals surface area contributed by atoms with Crippen molar-refractivity contribution in [3.8, 4) is 11.1 Å². The Hall–Kier alpha value is -3.28. The Balaban J connectivity index is 1.55. The summed E-state index contributed by atoms with van der Waals surface area (Å²) in [6, 6.07) is 38.8. The van der Waals surface area contributed by atoms with Gasteiger partial charge in [0.2, 0.25) is 8.03 Å². The highest BCUT2D eigenvalue weighted by atomic mass is 31.1. The van der Waals surface area contributed by atoms with Gasteiger partial charge in [-0.15, -0.1) is 0 Å². The molecule has 0 aliphatic rings. The van der Waals surface area contributed by atoms with E-state index < -0.39 is 28.2 Å². The van der Waals surface area contributed by atoms with Crippen molar-refractivity contribution in [3.63, 3.8) is 0 Å². The number of benzene rings is 4. The van der Waals surface area contributed by atoms with Crippen LogP contribution in [0.15, 0.2) is 115 Å². The Morgan fingerprint density at radius 2 is 1.33 bits per heavy atom. The fraction of sp³-hybridized carbons (Fsp3) is 0.286. The molecule has 0 bridgehead atoms. The zero-order chi connectivity index (χ0) is 30.0. The molecule has 0 radical (unpaired) electrons. The van der Waals surface area contributed by atoms with Gasteiger partial charge < -0.3 is 14.1 Å². The SMILES string of the molecule is CC(C)(C)[Si](O[C@H](CCC(=O)O)[PH](=O)OCCCc1ccccc1-c1ccccc1)(c1ccccc1)c1ccccc1. The van der Waals surface area contributed by atoms with Crippen LogP contribution in [0, 0.1) is 0 Å². The number of carboxylic acids is 1. The predicted molar refractivity (Wildman–Crippen MR) is 175 cm³/mol. The van der Waals surface area contributed by atoms with Gasteiger partial charge in [0.05, 0.1) is 6.61 Å². The average Bonchev–Trinajstić information content (AvgIpc) is 3.00. The number of carbonyl (C=O) groups is 1. The summed E-state index contributed by atoms with van der Waals surface area (Å²) in [6.07, 6.45) is 1.43. The van der Waals surface area contributed by atoms with Crippen LogP contribution in [-0.4, -0.2) is 31.8 Å². The third-order valence-electron chi connectivity index (χ3n) is 7.56. The molecule has 2 atom stereocenters. The molecule has 7 heteroatoms. The molecule has 4 aromatic carbocycles. The Bertz CT molecular complexity index is 1400. The van der Waals surface area contributed by atoms with E-state index in [0.717, 1.165) is 22.4 Å². The molecule has 220 valence electrons. The maximum absolute atomic E-state index is 13.8. The van der Waals surface area contributed by atoms with Crippen molar-refractivity contribution < 1.29 is 23.4 Å². The van der Waals surface area contributed by atoms with E-state index in [0.29, 0.717) is 13.0 Å². The number of aryl methyl sites for hydroxylation is 1. The molecule has 0 heterocycles. The number of hydrogen-bond donors (Lipinski definition) is 1. The monoisotopic (exact) mass is 600 g/mol. The molecule has 0 spiro atoms. The second-order valence-corrected chi connectivity index (χ2v) is 17.3. The van der Waals surface area contributed by atoms with Crippen LogP contribution in [0.5, 0.6) is 0 Å². The van der Waals surface area contributed by atoms with Crippen LogP contribution in [0.2, 0.25) is 5.04 Å². The third-order valence-corrected chi connectivity index (χ3v) is 14.3. The van der Waals surface area contributed by atoms with Crippen molar-refractivity contribution in [2.75, 3.05) is 6.61 Å². The molecule has 42 heavy (non-hydrogen) atoms. The minimum absolute atomic E-state index is 0.120. The molecule has 0 saturated heterocycles. The summed E-state index contributed by atoms with van der Waals surface area (Å²) in [7, 11) is -5.79. The van der Waals surface area contributed by atoms with Crippen LogP contribution in [0.3, 0.4) is 0 Å². The Kier molecular flexibility index (Phi) is 11.1. The summed E-state index contributed by atoms with van der Waals surface area (Å²) in [5.41, 5.74) is 3.55. The van der Waals surface area contributed by atoms with Gasteiger partial charge in [-0.05, 0) is 51.4 Å². The van der Waals surface area contributed by atoms with Crippen molar-refractivity contribution in [1.82, 2.24) is 0 Å². The minimum Gasteiger partial charge on any atom is -0.481 e. The van der Waals surface area contributed by atoms with Crippen molar-refractivity contribution >= 4 is 32.7 Å². The number of rotatable bonds is 14. The standard InChI is InChI=1S/C35H41O5PSi/c1-35(2,3)42(30-20-9-5-10-21-30,31-22-11-6-12-23-31)40-34(26-25-33(36)37)41(38)39-27-15-19-29-18-13-14-24-32(29)28-16-7-4-8-17-28/h4-14,16-18,20-24,34,41H,15,19,25-27H2,1-3H3,(H,36,37)/t34-/m0/s1. The van der Waals surface area contributed by atoms with Gasteiger partial charge in [-0.2, -0.15) is 0 Å². The second kappa shape index (κ2) is 14.7. The van der Waals surface area contributed by atoms with Crippen molar-refractivity contribution in [2.24, 2.45) is 0 Å². The lowest BCUT2D eigenvalue weighted by molar-refractivity contribution is -0.137. The molecule has 1 N–H and O–H groups in total. The van der Waals surface area contributed by atoms with E-state index in [1.807, 2.05) is 66.7 Å². The number of aliphatic carboxylic acids is 1. The second-order valence-electron chi connectivity index (χ2n) is 11.5. The van der Waals surface area contributed by atoms with Crippen LogP contribution in [0.1, 0.15) is 45.6 Å². The van der Waals surface area contributed by atoms with Crippen LogP contribution in [0.4, 0.5) is 0 Å². The highest BCUT2D eigenvalue weighted by Gasteiger charge is 2.52. The van der Waals surface area contributed by atoms with Gasteiger partial charge in [0.15, 0.2) is 0 Å². The van der Waals surface area contributed by atoms with Crippen LogP contribution < -0.4 is 10.4 Å². The molecule has 5 nitrogen and oxygen atoms in total. The molecule has 0 aromatic heterocycles. The maximum atomic E-state index is 13.8. The first-order chi connectivity index (χ1) is 20.2. The average molecular weight is 601 g/mol. The Labute approximate surface area is 251 Å². The molecule has 1 unspecified atom stereocenters. The van der Waals surface area contributed by atoms with Gasteiger partial charge in [-0.1, -0.05) is 136 Å². The van der Waals surface area contributed by atoms with Gasteiger partial charge in [-0.3, -0.25) is 9.36 Å².